The Hall–Kier alpha value is -1.44. The number of nitrogens with zero attached hydrogens (tertiary/aromatic N) is 2. The second-order valence-corrected chi connectivity index (χ2v) is 2.56. The molecular formula is C10H12N2. The number of hydrogen-bond acceptors (Lipinski definition) is 2. The molecule has 0 N–H and O–H groups in total. The van der Waals surface area contributed by atoms with Gasteiger partial charge >= 0.3 is 0 Å². The first-order valence-corrected chi connectivity index (χ1v) is 3.83. The first-order chi connectivity index (χ1) is 5.75. The molecule has 62 valence electrons. The zero-order valence-electron chi connectivity index (χ0n) is 7.41. The van der Waals surface area contributed by atoms with Crippen LogP contribution >= 0.6 is 0 Å². The molecule has 0 aliphatic heterocycles. The number of aromatic nitrogens is 2. The largest absolute Gasteiger partial charge is 0.241 e. The number of allylic oxidation sites excluding steroid dienone is 2. The third kappa shape index (κ3) is 1.78. The molecular weight excluding hydrogens is 148 g/mol. The fourth-order valence-electron chi connectivity index (χ4n) is 0.884. The van der Waals surface area contributed by atoms with Gasteiger partial charge in [-0.3, -0.25) is 0 Å². The molecule has 0 fully saturated rings. The lowest BCUT2D eigenvalue weighted by Crippen LogP contribution is -1.92. The Balaban J connectivity index is 3.07. The highest BCUT2D eigenvalue weighted by Gasteiger charge is 1.97. The molecule has 0 spiro atoms. The van der Waals surface area contributed by atoms with Crippen molar-refractivity contribution in [3.8, 4) is 0 Å². The summed E-state index contributed by atoms with van der Waals surface area (Å²) in [6.45, 7) is 7.58. The van der Waals surface area contributed by atoms with Crippen LogP contribution in [0.1, 0.15) is 17.0 Å². The summed E-state index contributed by atoms with van der Waals surface area (Å²) >= 11 is 0. The van der Waals surface area contributed by atoms with Gasteiger partial charge in [0.05, 0.1) is 5.69 Å². The van der Waals surface area contributed by atoms with Crippen molar-refractivity contribution in [1.29, 1.82) is 0 Å². The van der Waals surface area contributed by atoms with Crippen LogP contribution in [-0.4, -0.2) is 9.97 Å². The number of hydrogen-bond donors (Lipinski definition) is 0. The van der Waals surface area contributed by atoms with Crippen LogP contribution in [0.5, 0.6) is 0 Å². The van der Waals surface area contributed by atoms with Crippen molar-refractivity contribution in [2.75, 3.05) is 0 Å². The molecule has 0 aromatic carbocycles. The Morgan fingerprint density at radius 1 is 1.33 bits per heavy atom. The van der Waals surface area contributed by atoms with Crippen molar-refractivity contribution >= 4 is 6.08 Å². The lowest BCUT2D eigenvalue weighted by molar-refractivity contribution is 1.05. The molecule has 0 unspecified atom stereocenters. The van der Waals surface area contributed by atoms with E-state index in [4.69, 9.17) is 0 Å². The molecule has 1 rings (SSSR count). The summed E-state index contributed by atoms with van der Waals surface area (Å²) < 4.78 is 0. The van der Waals surface area contributed by atoms with Gasteiger partial charge in [0, 0.05) is 5.69 Å². The van der Waals surface area contributed by atoms with Crippen LogP contribution in [0, 0.1) is 13.8 Å². The minimum atomic E-state index is 0.961. The number of aryl methyl sites for hydroxylation is 1. The van der Waals surface area contributed by atoms with E-state index in [0.717, 1.165) is 17.0 Å². The van der Waals surface area contributed by atoms with Crippen molar-refractivity contribution < 1.29 is 0 Å². The molecule has 0 atom stereocenters. The van der Waals surface area contributed by atoms with E-state index in [0.29, 0.717) is 0 Å². The Kier molecular flexibility index (Phi) is 2.75. The van der Waals surface area contributed by atoms with E-state index in [2.05, 4.69) is 16.5 Å². The van der Waals surface area contributed by atoms with E-state index in [1.807, 2.05) is 26.0 Å². The minimum absolute atomic E-state index is 0.961. The molecule has 0 radical (unpaired) electrons. The van der Waals surface area contributed by atoms with Crippen LogP contribution in [0.15, 0.2) is 25.1 Å². The summed E-state index contributed by atoms with van der Waals surface area (Å²) in [7, 11) is 0. The monoisotopic (exact) mass is 160 g/mol. The highest BCUT2D eigenvalue weighted by molar-refractivity contribution is 5.50. The third-order valence-corrected chi connectivity index (χ3v) is 1.77. The maximum Gasteiger partial charge on any atom is 0.116 e. The predicted molar refractivity (Wildman–Crippen MR) is 50.7 cm³/mol. The van der Waals surface area contributed by atoms with Gasteiger partial charge in [-0.25, -0.2) is 9.97 Å². The van der Waals surface area contributed by atoms with Crippen LogP contribution in [0.2, 0.25) is 0 Å². The molecule has 0 aliphatic carbocycles. The summed E-state index contributed by atoms with van der Waals surface area (Å²) in [6, 6.07) is 0. The van der Waals surface area contributed by atoms with E-state index in [9.17, 15) is 0 Å². The summed E-state index contributed by atoms with van der Waals surface area (Å²) in [6.07, 6.45) is 7.10. The molecule has 0 amide bonds. The van der Waals surface area contributed by atoms with Crippen LogP contribution in [0.3, 0.4) is 0 Å². The molecule has 0 aliphatic rings. The Morgan fingerprint density at radius 2 is 2.08 bits per heavy atom. The number of rotatable bonds is 2. The normalized spacial score (nSPS) is 10.5. The molecule has 12 heavy (non-hydrogen) atoms. The van der Waals surface area contributed by atoms with Crippen molar-refractivity contribution in [2.45, 2.75) is 13.8 Å². The van der Waals surface area contributed by atoms with Crippen LogP contribution in [0.25, 0.3) is 6.08 Å². The lowest BCUT2D eigenvalue weighted by Gasteiger charge is -2.00. The molecule has 0 saturated heterocycles. The smallest absolute Gasteiger partial charge is 0.116 e. The van der Waals surface area contributed by atoms with Gasteiger partial charge in [0.25, 0.3) is 0 Å². The van der Waals surface area contributed by atoms with Crippen molar-refractivity contribution in [3.63, 3.8) is 0 Å². The lowest BCUT2D eigenvalue weighted by atomic mass is 10.2. The topological polar surface area (TPSA) is 25.8 Å². The predicted octanol–water partition coefficient (Wildman–Crippen LogP) is 2.29. The average Bonchev–Trinajstić information content (AvgIpc) is 2.08. The molecule has 1 aromatic heterocycles. The van der Waals surface area contributed by atoms with Gasteiger partial charge in [-0.2, -0.15) is 0 Å². The van der Waals surface area contributed by atoms with Crippen LogP contribution < -0.4 is 0 Å². The van der Waals surface area contributed by atoms with Crippen molar-refractivity contribution in [1.82, 2.24) is 9.97 Å². The van der Waals surface area contributed by atoms with Gasteiger partial charge in [0.1, 0.15) is 6.33 Å². The van der Waals surface area contributed by atoms with Gasteiger partial charge in [-0.05, 0) is 25.5 Å². The fraction of sp³-hybridized carbons (Fsp3) is 0.200. The summed E-state index contributed by atoms with van der Waals surface area (Å²) in [5.41, 5.74) is 3.10. The third-order valence-electron chi connectivity index (χ3n) is 1.77. The van der Waals surface area contributed by atoms with E-state index in [-0.39, 0.29) is 0 Å². The van der Waals surface area contributed by atoms with Crippen molar-refractivity contribution in [2.24, 2.45) is 0 Å². The summed E-state index contributed by atoms with van der Waals surface area (Å²) in [5, 5.41) is 0. The SMILES string of the molecule is C=C/C=C\c1ncnc(C)c1C. The highest BCUT2D eigenvalue weighted by Crippen LogP contribution is 2.08. The highest BCUT2D eigenvalue weighted by atomic mass is 14.8. The van der Waals surface area contributed by atoms with Crippen molar-refractivity contribution in [3.05, 3.63) is 42.0 Å². The quantitative estimate of drug-likeness (QED) is 0.620. The minimum Gasteiger partial charge on any atom is -0.241 e. The van der Waals surface area contributed by atoms with E-state index >= 15 is 0 Å². The maximum atomic E-state index is 4.13. The van der Waals surface area contributed by atoms with Gasteiger partial charge in [-0.1, -0.05) is 18.7 Å². The molecule has 2 heteroatoms. The Bertz CT molecular complexity index is 314. The Morgan fingerprint density at radius 3 is 2.75 bits per heavy atom. The van der Waals surface area contributed by atoms with Gasteiger partial charge in [0.15, 0.2) is 0 Å². The molecule has 0 saturated carbocycles. The molecule has 0 bridgehead atoms. The average molecular weight is 160 g/mol. The van der Waals surface area contributed by atoms with Gasteiger partial charge in [0.2, 0.25) is 0 Å². The zero-order valence-corrected chi connectivity index (χ0v) is 7.41. The first-order valence-electron chi connectivity index (χ1n) is 3.83. The first kappa shape index (κ1) is 8.65. The summed E-state index contributed by atoms with van der Waals surface area (Å²) in [5.74, 6) is 0. The van der Waals surface area contributed by atoms with E-state index in [1.165, 1.54) is 0 Å². The second kappa shape index (κ2) is 3.81. The van der Waals surface area contributed by atoms with E-state index in [1.54, 1.807) is 12.4 Å². The van der Waals surface area contributed by atoms with E-state index < -0.39 is 0 Å². The second-order valence-electron chi connectivity index (χ2n) is 2.56. The summed E-state index contributed by atoms with van der Waals surface area (Å²) in [4.78, 5) is 8.21. The fourth-order valence-corrected chi connectivity index (χ4v) is 0.884. The molecule has 2 nitrogen and oxygen atoms in total. The van der Waals surface area contributed by atoms with Crippen LogP contribution in [-0.2, 0) is 0 Å². The van der Waals surface area contributed by atoms with Gasteiger partial charge in [-0.15, -0.1) is 0 Å². The van der Waals surface area contributed by atoms with Gasteiger partial charge < -0.3 is 0 Å². The standard InChI is InChI=1S/C10H12N2/c1-4-5-6-10-8(2)9(3)11-7-12-10/h4-7H,1H2,2-3H3/b6-5-. The zero-order chi connectivity index (χ0) is 8.97. The maximum absolute atomic E-state index is 4.13. The van der Waals surface area contributed by atoms with Crippen LogP contribution in [0.4, 0.5) is 0 Å². The molecule has 1 aromatic rings. The Labute approximate surface area is 72.7 Å². The molecule has 1 heterocycles.